The lowest BCUT2D eigenvalue weighted by Crippen LogP contribution is -2.65. The highest BCUT2D eigenvalue weighted by Gasteiger charge is 2.79. The summed E-state index contributed by atoms with van der Waals surface area (Å²) in [5.41, 5.74) is -1.32. The molecular formula is C15H11F11N2O. The van der Waals surface area contributed by atoms with Crippen molar-refractivity contribution >= 4 is 11.0 Å². The number of para-hydroxylation sites is 2. The number of hydrogen-bond acceptors (Lipinski definition) is 2. The third kappa shape index (κ3) is 3.98. The quantitative estimate of drug-likeness (QED) is 0.531. The molecule has 2 rings (SSSR count). The van der Waals surface area contributed by atoms with Crippen LogP contribution in [0.5, 0.6) is 0 Å². The lowest BCUT2D eigenvalue weighted by molar-refractivity contribution is -0.418. The molecule has 14 heteroatoms. The first kappa shape index (κ1) is 23.2. The second-order valence-corrected chi connectivity index (χ2v) is 6.13. The number of hydrogen-bond donors (Lipinski definition) is 0. The molecule has 0 N–H and O–H groups in total. The zero-order chi connectivity index (χ0) is 22.5. The smallest absolute Gasteiger partial charge is 0.309 e. The van der Waals surface area contributed by atoms with Gasteiger partial charge in [0.2, 0.25) is 0 Å². The van der Waals surface area contributed by atoms with Crippen molar-refractivity contribution in [2.75, 3.05) is 6.61 Å². The molecule has 0 amide bonds. The first-order valence-electron chi connectivity index (χ1n) is 7.55. The van der Waals surface area contributed by atoms with Crippen LogP contribution in [0.2, 0.25) is 0 Å². The molecule has 3 nitrogen and oxygen atoms in total. The predicted octanol–water partition coefficient (Wildman–Crippen LogP) is 5.46. The van der Waals surface area contributed by atoms with Crippen LogP contribution in [0.15, 0.2) is 30.6 Å². The zero-order valence-corrected chi connectivity index (χ0v) is 14.1. The maximum atomic E-state index is 15.2. The van der Waals surface area contributed by atoms with E-state index in [1.165, 1.54) is 6.07 Å². The number of rotatable bonds is 7. The second kappa shape index (κ2) is 6.99. The van der Waals surface area contributed by atoms with E-state index in [0.717, 1.165) is 18.2 Å². The Kier molecular flexibility index (Phi) is 5.58. The molecule has 0 saturated carbocycles. The molecule has 1 aromatic heterocycles. The Labute approximate surface area is 155 Å². The highest BCUT2D eigenvalue weighted by Crippen LogP contribution is 2.54. The molecule has 1 aromatic carbocycles. The van der Waals surface area contributed by atoms with E-state index in [1.54, 1.807) is 0 Å². The molecule has 0 spiro atoms. The molecule has 0 saturated heterocycles. The molecule has 2 unspecified atom stereocenters. The fraction of sp³-hybridized carbons (Fsp3) is 0.533. The fourth-order valence-corrected chi connectivity index (χ4v) is 2.38. The maximum absolute atomic E-state index is 15.2. The number of benzene rings is 1. The minimum absolute atomic E-state index is 0.0268. The summed E-state index contributed by atoms with van der Waals surface area (Å²) in [6, 6.07) is 3.92. The summed E-state index contributed by atoms with van der Waals surface area (Å²) >= 11 is 0. The van der Waals surface area contributed by atoms with Crippen molar-refractivity contribution in [3.8, 4) is 0 Å². The second-order valence-electron chi connectivity index (χ2n) is 6.13. The van der Waals surface area contributed by atoms with Gasteiger partial charge in [0.05, 0.1) is 17.4 Å². The van der Waals surface area contributed by atoms with E-state index in [4.69, 9.17) is 0 Å². The standard InChI is InChI=1S/C15H11F11N2O/c1-11(17,18)6-29-15(25,26)14(23,24)12(19,10(16)13(20,21)22)28-7-27-8-4-2-3-5-9(8)28/h2-5,7,10H,6H2,1H3. The first-order chi connectivity index (χ1) is 13.0. The van der Waals surface area contributed by atoms with Crippen molar-refractivity contribution in [1.82, 2.24) is 9.55 Å². The number of fused-ring (bicyclic) bond motifs is 1. The van der Waals surface area contributed by atoms with Gasteiger partial charge in [-0.3, -0.25) is 4.57 Å². The van der Waals surface area contributed by atoms with E-state index < -0.39 is 58.3 Å². The van der Waals surface area contributed by atoms with Gasteiger partial charge in [0.25, 0.3) is 12.1 Å². The zero-order valence-electron chi connectivity index (χ0n) is 14.1. The van der Waals surface area contributed by atoms with Crippen molar-refractivity contribution in [3.63, 3.8) is 0 Å². The molecule has 0 fully saturated rings. The number of aromatic nitrogens is 2. The molecule has 164 valence electrons. The van der Waals surface area contributed by atoms with Crippen LogP contribution in [0, 0.1) is 0 Å². The summed E-state index contributed by atoms with van der Waals surface area (Å²) in [5.74, 6) is -16.6. The van der Waals surface area contributed by atoms with Gasteiger partial charge >= 0.3 is 24.0 Å². The van der Waals surface area contributed by atoms with Crippen LogP contribution >= 0.6 is 0 Å². The van der Waals surface area contributed by atoms with Gasteiger partial charge in [-0.05, 0) is 12.1 Å². The average Bonchev–Trinajstić information content (AvgIpc) is 3.01. The van der Waals surface area contributed by atoms with Gasteiger partial charge in [0.15, 0.2) is 0 Å². The summed E-state index contributed by atoms with van der Waals surface area (Å²) in [6.45, 7) is -2.43. The molecular weight excluding hydrogens is 433 g/mol. The number of imidazole rings is 1. The molecule has 0 aliphatic carbocycles. The Morgan fingerprint density at radius 3 is 2.03 bits per heavy atom. The highest BCUT2D eigenvalue weighted by molar-refractivity contribution is 5.75. The summed E-state index contributed by atoms with van der Waals surface area (Å²) < 4.78 is 152. The van der Waals surface area contributed by atoms with Crippen LogP contribution in [-0.4, -0.2) is 46.5 Å². The van der Waals surface area contributed by atoms with Crippen LogP contribution in [0.3, 0.4) is 0 Å². The van der Waals surface area contributed by atoms with Crippen LogP contribution < -0.4 is 0 Å². The molecule has 29 heavy (non-hydrogen) atoms. The summed E-state index contributed by atoms with van der Waals surface area (Å²) in [5, 5.41) is 0. The minimum Gasteiger partial charge on any atom is -0.309 e. The Balaban J connectivity index is 2.70. The number of nitrogens with zero attached hydrogens (tertiary/aromatic N) is 2. The number of halogens is 11. The van der Waals surface area contributed by atoms with Crippen molar-refractivity contribution < 1.29 is 53.0 Å². The molecule has 0 radical (unpaired) electrons. The molecule has 1 heterocycles. The Morgan fingerprint density at radius 2 is 1.52 bits per heavy atom. The topological polar surface area (TPSA) is 27.1 Å². The maximum Gasteiger partial charge on any atom is 0.425 e. The van der Waals surface area contributed by atoms with E-state index in [2.05, 4.69) is 9.72 Å². The molecule has 0 bridgehead atoms. The Bertz CT molecular complexity index is 858. The summed E-state index contributed by atoms with van der Waals surface area (Å²) in [6.07, 6.45) is -17.9. The van der Waals surface area contributed by atoms with Gasteiger partial charge < -0.3 is 4.74 Å². The van der Waals surface area contributed by atoms with Crippen molar-refractivity contribution in [1.29, 1.82) is 0 Å². The fourth-order valence-electron chi connectivity index (χ4n) is 2.38. The lowest BCUT2D eigenvalue weighted by Gasteiger charge is -2.40. The Hall–Kier alpha value is -2.12. The van der Waals surface area contributed by atoms with Gasteiger partial charge in [0, 0.05) is 6.92 Å². The SMILES string of the molecule is CC(F)(F)COC(F)(F)C(F)(F)C(F)(C(F)C(F)(F)F)n1cnc2ccccc21. The third-order valence-corrected chi connectivity index (χ3v) is 3.74. The van der Waals surface area contributed by atoms with Crippen molar-refractivity contribution in [3.05, 3.63) is 30.6 Å². The van der Waals surface area contributed by atoms with Gasteiger partial charge in [-0.15, -0.1) is 0 Å². The Morgan fingerprint density at radius 1 is 0.966 bits per heavy atom. The summed E-state index contributed by atoms with van der Waals surface area (Å²) in [4.78, 5) is 3.28. The van der Waals surface area contributed by atoms with E-state index in [9.17, 15) is 43.9 Å². The molecule has 0 aliphatic heterocycles. The van der Waals surface area contributed by atoms with E-state index >= 15 is 4.39 Å². The van der Waals surface area contributed by atoms with E-state index in [1.807, 2.05) is 0 Å². The van der Waals surface area contributed by atoms with Crippen LogP contribution in [0.1, 0.15) is 6.92 Å². The van der Waals surface area contributed by atoms with Gasteiger partial charge in [0.1, 0.15) is 6.61 Å². The van der Waals surface area contributed by atoms with Crippen LogP contribution in [0.4, 0.5) is 48.3 Å². The van der Waals surface area contributed by atoms with Gasteiger partial charge in [-0.25, -0.2) is 22.5 Å². The summed E-state index contributed by atoms with van der Waals surface area (Å²) in [7, 11) is 0. The molecule has 2 atom stereocenters. The van der Waals surface area contributed by atoms with E-state index in [0.29, 0.717) is 0 Å². The van der Waals surface area contributed by atoms with Crippen molar-refractivity contribution in [2.45, 2.75) is 43.0 Å². The van der Waals surface area contributed by atoms with E-state index in [-0.39, 0.29) is 13.3 Å². The van der Waals surface area contributed by atoms with Gasteiger partial charge in [-0.1, -0.05) is 12.1 Å². The number of ether oxygens (including phenoxy) is 1. The lowest BCUT2D eigenvalue weighted by atomic mass is 9.98. The first-order valence-corrected chi connectivity index (χ1v) is 7.55. The van der Waals surface area contributed by atoms with Crippen LogP contribution in [-0.2, 0) is 10.5 Å². The van der Waals surface area contributed by atoms with Crippen molar-refractivity contribution in [2.24, 2.45) is 0 Å². The predicted molar refractivity (Wildman–Crippen MR) is 76.2 cm³/mol. The molecule has 2 aromatic rings. The highest BCUT2D eigenvalue weighted by atomic mass is 19.4. The average molecular weight is 444 g/mol. The normalized spacial score (nSPS) is 17.4. The minimum atomic E-state index is -6.61. The largest absolute Gasteiger partial charge is 0.425 e. The van der Waals surface area contributed by atoms with Gasteiger partial charge in [-0.2, -0.15) is 30.7 Å². The monoisotopic (exact) mass is 444 g/mol. The van der Waals surface area contributed by atoms with Crippen LogP contribution in [0.25, 0.3) is 11.0 Å². The number of alkyl halides is 11. The third-order valence-electron chi connectivity index (χ3n) is 3.74. The molecule has 0 aliphatic rings.